The number of rotatable bonds is 3. The van der Waals surface area contributed by atoms with Gasteiger partial charge in [-0.1, -0.05) is 37.2 Å². The molecule has 0 aliphatic heterocycles. The molecule has 0 bridgehead atoms. The van der Waals surface area contributed by atoms with E-state index in [4.69, 9.17) is 10.7 Å². The summed E-state index contributed by atoms with van der Waals surface area (Å²) >= 11 is 3.70. The van der Waals surface area contributed by atoms with E-state index in [0.29, 0.717) is 11.3 Å². The summed E-state index contributed by atoms with van der Waals surface area (Å²) in [6, 6.07) is 8.70. The van der Waals surface area contributed by atoms with Gasteiger partial charge in [0, 0.05) is 11.3 Å². The first-order valence-corrected chi connectivity index (χ1v) is 8.73. The molecule has 2 nitrogen and oxygen atoms in total. The first-order chi connectivity index (χ1) is 9.26. The third-order valence-electron chi connectivity index (χ3n) is 4.06. The maximum Gasteiger partial charge on any atom is 0.151 e. The normalized spacial score (nSPS) is 27.8. The highest BCUT2D eigenvalue weighted by Crippen LogP contribution is 2.39. The van der Waals surface area contributed by atoms with E-state index in [1.165, 1.54) is 34.7 Å². The molecule has 1 aromatic heterocycles. The molecule has 0 spiro atoms. The first-order valence-electron chi connectivity index (χ1n) is 7.04. The molecule has 3 unspecified atom stereocenters. The third-order valence-corrected chi connectivity index (χ3v) is 6.56. The number of fused-ring (bicyclic) bond motifs is 1. The first kappa shape index (κ1) is 13.4. The van der Waals surface area contributed by atoms with E-state index in [1.807, 2.05) is 11.8 Å². The molecule has 1 aliphatic rings. The minimum atomic E-state index is 0.333. The summed E-state index contributed by atoms with van der Waals surface area (Å²) in [4.78, 5) is 4.72. The van der Waals surface area contributed by atoms with Gasteiger partial charge in [0.05, 0.1) is 10.2 Å². The molecular weight excluding hydrogens is 272 g/mol. The maximum atomic E-state index is 6.29. The van der Waals surface area contributed by atoms with E-state index in [-0.39, 0.29) is 0 Å². The van der Waals surface area contributed by atoms with Crippen molar-refractivity contribution in [3.05, 3.63) is 24.3 Å². The van der Waals surface area contributed by atoms with Crippen molar-refractivity contribution in [3.63, 3.8) is 0 Å². The fourth-order valence-corrected chi connectivity index (χ4v) is 5.39. The van der Waals surface area contributed by atoms with Crippen molar-refractivity contribution in [1.29, 1.82) is 0 Å². The summed E-state index contributed by atoms with van der Waals surface area (Å²) in [5.41, 5.74) is 7.41. The summed E-state index contributed by atoms with van der Waals surface area (Å²) in [6.07, 6.45) is 5.00. The SMILES string of the molecule is CCC1CCC(N)C(Sc2nc3ccccc3s2)C1. The van der Waals surface area contributed by atoms with Gasteiger partial charge in [-0.2, -0.15) is 0 Å². The Morgan fingerprint density at radius 3 is 3.00 bits per heavy atom. The zero-order valence-corrected chi connectivity index (χ0v) is 12.8. The number of hydrogen-bond acceptors (Lipinski definition) is 4. The Bertz CT molecular complexity index is 519. The van der Waals surface area contributed by atoms with Gasteiger partial charge in [-0.3, -0.25) is 0 Å². The molecule has 0 saturated heterocycles. The molecule has 3 atom stereocenters. The van der Waals surface area contributed by atoms with Gasteiger partial charge in [0.2, 0.25) is 0 Å². The van der Waals surface area contributed by atoms with Crippen LogP contribution in [-0.4, -0.2) is 16.3 Å². The molecule has 1 aliphatic carbocycles. The molecule has 3 rings (SSSR count). The molecule has 1 fully saturated rings. The van der Waals surface area contributed by atoms with Gasteiger partial charge in [-0.05, 0) is 37.3 Å². The van der Waals surface area contributed by atoms with Crippen LogP contribution in [0, 0.1) is 5.92 Å². The van der Waals surface area contributed by atoms with Crippen molar-refractivity contribution >= 4 is 33.3 Å². The van der Waals surface area contributed by atoms with Crippen LogP contribution < -0.4 is 5.73 Å². The van der Waals surface area contributed by atoms with Crippen LogP contribution in [-0.2, 0) is 0 Å². The Kier molecular flexibility index (Phi) is 4.10. The van der Waals surface area contributed by atoms with Crippen molar-refractivity contribution < 1.29 is 0 Å². The minimum absolute atomic E-state index is 0.333. The molecule has 19 heavy (non-hydrogen) atoms. The molecule has 0 radical (unpaired) electrons. The number of benzene rings is 1. The minimum Gasteiger partial charge on any atom is -0.327 e. The Morgan fingerprint density at radius 1 is 1.37 bits per heavy atom. The lowest BCUT2D eigenvalue weighted by atomic mass is 9.84. The second-order valence-corrected chi connectivity index (χ2v) is 7.87. The van der Waals surface area contributed by atoms with E-state index in [9.17, 15) is 0 Å². The second kappa shape index (κ2) is 5.81. The van der Waals surface area contributed by atoms with Crippen LogP contribution in [0.25, 0.3) is 10.2 Å². The lowest BCUT2D eigenvalue weighted by molar-refractivity contribution is 0.327. The molecule has 1 aromatic carbocycles. The van der Waals surface area contributed by atoms with Crippen LogP contribution in [0.2, 0.25) is 0 Å². The summed E-state index contributed by atoms with van der Waals surface area (Å²) < 4.78 is 2.46. The molecule has 2 aromatic rings. The molecule has 0 amide bonds. The molecule has 4 heteroatoms. The van der Waals surface area contributed by atoms with Crippen LogP contribution >= 0.6 is 23.1 Å². The topological polar surface area (TPSA) is 38.9 Å². The zero-order valence-electron chi connectivity index (χ0n) is 11.2. The smallest absolute Gasteiger partial charge is 0.151 e. The van der Waals surface area contributed by atoms with Gasteiger partial charge in [0.1, 0.15) is 0 Å². The summed E-state index contributed by atoms with van der Waals surface area (Å²) in [6.45, 7) is 2.29. The fraction of sp³-hybridized carbons (Fsp3) is 0.533. The Morgan fingerprint density at radius 2 is 2.21 bits per heavy atom. The largest absolute Gasteiger partial charge is 0.327 e. The van der Waals surface area contributed by atoms with Crippen molar-refractivity contribution in [2.45, 2.75) is 48.2 Å². The predicted octanol–water partition coefficient (Wildman–Crippen LogP) is 4.29. The van der Waals surface area contributed by atoms with E-state index in [1.54, 1.807) is 11.3 Å². The van der Waals surface area contributed by atoms with E-state index < -0.39 is 0 Å². The van der Waals surface area contributed by atoms with Crippen molar-refractivity contribution in [3.8, 4) is 0 Å². The van der Waals surface area contributed by atoms with E-state index in [2.05, 4.69) is 31.2 Å². The zero-order chi connectivity index (χ0) is 13.2. The monoisotopic (exact) mass is 292 g/mol. The number of nitrogens with two attached hydrogens (primary N) is 1. The quantitative estimate of drug-likeness (QED) is 0.917. The second-order valence-electron chi connectivity index (χ2n) is 5.35. The Balaban J connectivity index is 1.75. The standard InChI is InChI=1S/C15H20N2S2/c1-2-10-7-8-11(16)14(9-10)19-15-17-12-5-3-4-6-13(12)18-15/h3-6,10-11,14H,2,7-9,16H2,1H3. The highest BCUT2D eigenvalue weighted by atomic mass is 32.2. The van der Waals surface area contributed by atoms with Gasteiger partial charge in [-0.25, -0.2) is 4.98 Å². The number of thiazole rings is 1. The average Bonchev–Trinajstić information content (AvgIpc) is 2.83. The van der Waals surface area contributed by atoms with Crippen molar-refractivity contribution in [1.82, 2.24) is 4.98 Å². The van der Waals surface area contributed by atoms with Crippen LogP contribution in [0.5, 0.6) is 0 Å². The highest BCUT2D eigenvalue weighted by molar-refractivity contribution is 8.01. The molecule has 1 saturated carbocycles. The summed E-state index contributed by atoms with van der Waals surface area (Å²) in [5.74, 6) is 0.853. The summed E-state index contributed by atoms with van der Waals surface area (Å²) in [7, 11) is 0. The van der Waals surface area contributed by atoms with E-state index >= 15 is 0 Å². The van der Waals surface area contributed by atoms with Crippen molar-refractivity contribution in [2.24, 2.45) is 11.7 Å². The number of hydrogen-bond donors (Lipinski definition) is 1. The van der Waals surface area contributed by atoms with Crippen LogP contribution in [0.1, 0.15) is 32.6 Å². The Hall–Kier alpha value is -0.580. The van der Waals surface area contributed by atoms with Gasteiger partial charge in [0.15, 0.2) is 4.34 Å². The van der Waals surface area contributed by atoms with E-state index in [0.717, 1.165) is 11.4 Å². The number of aromatic nitrogens is 1. The fourth-order valence-electron chi connectivity index (χ4n) is 2.77. The average molecular weight is 292 g/mol. The predicted molar refractivity (Wildman–Crippen MR) is 84.9 cm³/mol. The lowest BCUT2D eigenvalue weighted by Gasteiger charge is -2.32. The molecule has 2 N–H and O–H groups in total. The number of para-hydroxylation sites is 1. The molecule has 102 valence electrons. The third kappa shape index (κ3) is 2.96. The maximum absolute atomic E-state index is 6.29. The van der Waals surface area contributed by atoms with Gasteiger partial charge < -0.3 is 5.73 Å². The van der Waals surface area contributed by atoms with Gasteiger partial charge in [0.25, 0.3) is 0 Å². The van der Waals surface area contributed by atoms with Crippen LogP contribution in [0.4, 0.5) is 0 Å². The lowest BCUT2D eigenvalue weighted by Crippen LogP contribution is -2.38. The highest BCUT2D eigenvalue weighted by Gasteiger charge is 2.28. The van der Waals surface area contributed by atoms with Crippen LogP contribution in [0.15, 0.2) is 28.6 Å². The van der Waals surface area contributed by atoms with Gasteiger partial charge in [-0.15, -0.1) is 11.3 Å². The number of nitrogens with zero attached hydrogens (tertiary/aromatic N) is 1. The number of thioether (sulfide) groups is 1. The van der Waals surface area contributed by atoms with Gasteiger partial charge >= 0.3 is 0 Å². The Labute approximate surface area is 122 Å². The van der Waals surface area contributed by atoms with Crippen molar-refractivity contribution in [2.75, 3.05) is 0 Å². The molecular formula is C15H20N2S2. The van der Waals surface area contributed by atoms with Crippen LogP contribution in [0.3, 0.4) is 0 Å². The summed E-state index contributed by atoms with van der Waals surface area (Å²) in [5, 5.41) is 0.541. The molecule has 1 heterocycles.